The van der Waals surface area contributed by atoms with Crippen molar-refractivity contribution < 1.29 is 0 Å². The number of fused-ring (bicyclic) bond motifs is 5. The van der Waals surface area contributed by atoms with Crippen LogP contribution in [-0.4, -0.2) is 0 Å². The van der Waals surface area contributed by atoms with Crippen molar-refractivity contribution in [3.8, 4) is 0 Å². The summed E-state index contributed by atoms with van der Waals surface area (Å²) in [7, 11) is 0. The van der Waals surface area contributed by atoms with E-state index >= 15 is 0 Å². The van der Waals surface area contributed by atoms with Crippen molar-refractivity contribution in [2.75, 3.05) is 0 Å². The van der Waals surface area contributed by atoms with Crippen LogP contribution in [0.15, 0.2) is 24.3 Å². The van der Waals surface area contributed by atoms with Crippen LogP contribution < -0.4 is 5.32 Å². The Balaban J connectivity index is 2.13. The van der Waals surface area contributed by atoms with Gasteiger partial charge in [0.1, 0.15) is 0 Å². The highest BCUT2D eigenvalue weighted by Crippen LogP contribution is 2.45. The zero-order chi connectivity index (χ0) is 8.84. The molecule has 2 aliphatic rings. The van der Waals surface area contributed by atoms with E-state index in [-0.39, 0.29) is 0 Å². The summed E-state index contributed by atoms with van der Waals surface area (Å²) in [6.45, 7) is 2.36. The van der Waals surface area contributed by atoms with Crippen molar-refractivity contribution in [1.29, 1.82) is 0 Å². The molecule has 2 aliphatic heterocycles. The lowest BCUT2D eigenvalue weighted by atomic mass is 9.92. The minimum atomic E-state index is 0.634. The summed E-state index contributed by atoms with van der Waals surface area (Å²) in [4.78, 5) is 0. The van der Waals surface area contributed by atoms with E-state index in [0.29, 0.717) is 12.1 Å². The molecule has 1 aromatic carbocycles. The molecule has 3 atom stereocenters. The molecule has 1 saturated heterocycles. The lowest BCUT2D eigenvalue weighted by Gasteiger charge is -2.27. The molecule has 3 unspecified atom stereocenters. The number of benzene rings is 1. The average Bonchev–Trinajstić information content (AvgIpc) is 2.48. The molecular formula is C12H15N. The van der Waals surface area contributed by atoms with Gasteiger partial charge >= 0.3 is 0 Å². The van der Waals surface area contributed by atoms with Crippen molar-refractivity contribution in [2.45, 2.75) is 31.8 Å². The minimum Gasteiger partial charge on any atom is -0.303 e. The molecule has 1 heteroatoms. The second-order valence-electron chi connectivity index (χ2n) is 4.38. The first-order valence-corrected chi connectivity index (χ1v) is 5.21. The predicted octanol–water partition coefficient (Wildman–Crippen LogP) is 2.80. The summed E-state index contributed by atoms with van der Waals surface area (Å²) >= 11 is 0. The first-order chi connectivity index (χ1) is 6.36. The zero-order valence-corrected chi connectivity index (χ0v) is 7.96. The summed E-state index contributed by atoms with van der Waals surface area (Å²) in [6, 6.07) is 10.2. The van der Waals surface area contributed by atoms with Gasteiger partial charge in [0.2, 0.25) is 0 Å². The van der Waals surface area contributed by atoms with E-state index in [4.69, 9.17) is 0 Å². The van der Waals surface area contributed by atoms with E-state index in [9.17, 15) is 0 Å². The third kappa shape index (κ3) is 0.969. The molecule has 3 rings (SSSR count). The number of hydrogen-bond acceptors (Lipinski definition) is 1. The van der Waals surface area contributed by atoms with Crippen LogP contribution in [0, 0.1) is 5.92 Å². The number of piperidine rings is 1. The van der Waals surface area contributed by atoms with Gasteiger partial charge in [0.05, 0.1) is 0 Å². The third-order valence-electron chi connectivity index (χ3n) is 3.57. The van der Waals surface area contributed by atoms with E-state index in [1.165, 1.54) is 12.8 Å². The van der Waals surface area contributed by atoms with Crippen LogP contribution in [0.4, 0.5) is 0 Å². The van der Waals surface area contributed by atoms with Crippen molar-refractivity contribution in [3.05, 3.63) is 35.4 Å². The Morgan fingerprint density at radius 3 is 2.77 bits per heavy atom. The van der Waals surface area contributed by atoms with Gasteiger partial charge in [-0.3, -0.25) is 0 Å². The summed E-state index contributed by atoms with van der Waals surface area (Å²) in [5, 5.41) is 3.71. The summed E-state index contributed by atoms with van der Waals surface area (Å²) in [5.74, 6) is 0.805. The maximum Gasteiger partial charge on any atom is 0.0354 e. The molecule has 1 aromatic rings. The molecule has 1 fully saturated rings. The van der Waals surface area contributed by atoms with E-state index in [1.54, 1.807) is 11.1 Å². The van der Waals surface area contributed by atoms with Crippen molar-refractivity contribution in [1.82, 2.24) is 5.32 Å². The molecule has 0 aromatic heterocycles. The Kier molecular flexibility index (Phi) is 1.50. The lowest BCUT2D eigenvalue weighted by Crippen LogP contribution is -2.28. The van der Waals surface area contributed by atoms with Gasteiger partial charge in [-0.2, -0.15) is 0 Å². The van der Waals surface area contributed by atoms with E-state index in [2.05, 4.69) is 36.5 Å². The minimum absolute atomic E-state index is 0.634. The fourth-order valence-electron chi connectivity index (χ4n) is 2.81. The Morgan fingerprint density at radius 1 is 1.15 bits per heavy atom. The molecule has 0 aliphatic carbocycles. The van der Waals surface area contributed by atoms with Gasteiger partial charge in [-0.15, -0.1) is 0 Å². The van der Waals surface area contributed by atoms with Gasteiger partial charge in [0.25, 0.3) is 0 Å². The van der Waals surface area contributed by atoms with Crippen LogP contribution in [0.3, 0.4) is 0 Å². The smallest absolute Gasteiger partial charge is 0.0354 e. The van der Waals surface area contributed by atoms with Gasteiger partial charge < -0.3 is 5.32 Å². The fraction of sp³-hybridized carbons (Fsp3) is 0.500. The highest BCUT2D eigenvalue weighted by Gasteiger charge is 2.36. The first kappa shape index (κ1) is 7.57. The Morgan fingerprint density at radius 2 is 1.92 bits per heavy atom. The average molecular weight is 173 g/mol. The molecular weight excluding hydrogens is 158 g/mol. The molecule has 2 heterocycles. The van der Waals surface area contributed by atoms with Crippen molar-refractivity contribution in [3.63, 3.8) is 0 Å². The maximum absolute atomic E-state index is 3.71. The maximum atomic E-state index is 3.71. The Hall–Kier alpha value is -0.820. The Bertz CT molecular complexity index is 332. The van der Waals surface area contributed by atoms with Gasteiger partial charge in [-0.25, -0.2) is 0 Å². The lowest BCUT2D eigenvalue weighted by molar-refractivity contribution is 0.281. The van der Waals surface area contributed by atoms with Gasteiger partial charge in [-0.1, -0.05) is 31.2 Å². The highest BCUT2D eigenvalue weighted by molar-refractivity contribution is 5.38. The summed E-state index contributed by atoms with van der Waals surface area (Å²) < 4.78 is 0. The number of nitrogens with one attached hydrogen (secondary N) is 1. The number of hydrogen-bond donors (Lipinski definition) is 1. The second-order valence-corrected chi connectivity index (χ2v) is 4.38. The van der Waals surface area contributed by atoms with Crippen molar-refractivity contribution >= 4 is 0 Å². The largest absolute Gasteiger partial charge is 0.303 e. The monoisotopic (exact) mass is 173 g/mol. The molecule has 1 N–H and O–H groups in total. The van der Waals surface area contributed by atoms with E-state index in [0.717, 1.165) is 5.92 Å². The predicted molar refractivity (Wildman–Crippen MR) is 53.5 cm³/mol. The van der Waals surface area contributed by atoms with E-state index in [1.807, 2.05) is 0 Å². The molecule has 2 bridgehead atoms. The van der Waals surface area contributed by atoms with Crippen molar-refractivity contribution in [2.24, 2.45) is 5.92 Å². The second kappa shape index (κ2) is 2.58. The van der Waals surface area contributed by atoms with Crippen LogP contribution >= 0.6 is 0 Å². The highest BCUT2D eigenvalue weighted by atomic mass is 15.0. The molecule has 68 valence electrons. The zero-order valence-electron chi connectivity index (χ0n) is 7.96. The number of rotatable bonds is 0. The van der Waals surface area contributed by atoms with E-state index < -0.39 is 0 Å². The molecule has 0 amide bonds. The normalized spacial score (nSPS) is 35.9. The molecule has 1 nitrogen and oxygen atoms in total. The van der Waals surface area contributed by atoms with Gasteiger partial charge in [0.15, 0.2) is 0 Å². The molecule has 0 radical (unpaired) electrons. The van der Waals surface area contributed by atoms with Gasteiger partial charge in [-0.05, 0) is 29.9 Å². The third-order valence-corrected chi connectivity index (χ3v) is 3.57. The van der Waals surface area contributed by atoms with Crippen LogP contribution in [0.5, 0.6) is 0 Å². The van der Waals surface area contributed by atoms with Crippen LogP contribution in [0.1, 0.15) is 43.0 Å². The van der Waals surface area contributed by atoms with Crippen LogP contribution in [0.2, 0.25) is 0 Å². The van der Waals surface area contributed by atoms with Gasteiger partial charge in [0, 0.05) is 12.1 Å². The molecule has 13 heavy (non-hydrogen) atoms. The summed E-state index contributed by atoms with van der Waals surface area (Å²) in [6.07, 6.45) is 2.69. The van der Waals surface area contributed by atoms with Crippen LogP contribution in [0.25, 0.3) is 0 Å². The molecule has 0 spiro atoms. The quantitative estimate of drug-likeness (QED) is 0.636. The SMILES string of the molecule is CC1CCC2NC1c1ccccc12. The fourth-order valence-corrected chi connectivity index (χ4v) is 2.81. The summed E-state index contributed by atoms with van der Waals surface area (Å²) in [5.41, 5.74) is 3.11. The standard InChI is InChI=1S/C12H15N/c1-8-6-7-11-9-4-2-3-5-10(9)12(8)13-11/h2-5,8,11-13H,6-7H2,1H3. The molecule has 0 saturated carbocycles. The Labute approximate surface area is 79.2 Å². The first-order valence-electron chi connectivity index (χ1n) is 5.21. The van der Waals surface area contributed by atoms with Crippen LogP contribution in [-0.2, 0) is 0 Å². The topological polar surface area (TPSA) is 12.0 Å².